The number of likely N-dealkylation sites (tertiary alicyclic amines) is 1. The smallest absolute Gasteiger partial charge is 0.234 e. The van der Waals surface area contributed by atoms with Gasteiger partial charge in [0.2, 0.25) is 5.91 Å². The molecule has 1 aliphatic heterocycles. The number of hydrogen-bond donors (Lipinski definition) is 2. The summed E-state index contributed by atoms with van der Waals surface area (Å²) in [5.74, 6) is 0.0116. The second kappa shape index (κ2) is 5.29. The van der Waals surface area contributed by atoms with Crippen LogP contribution in [0.5, 0.6) is 0 Å². The first-order valence-corrected chi connectivity index (χ1v) is 5.86. The average Bonchev–Trinajstić information content (AvgIpc) is 2.26. The largest absolute Gasteiger partial charge is 0.390 e. The molecule has 1 aromatic carbocycles. The lowest BCUT2D eigenvalue weighted by Crippen LogP contribution is -2.53. The summed E-state index contributed by atoms with van der Waals surface area (Å²) in [7, 11) is 0. The zero-order valence-electron chi connectivity index (χ0n) is 10.0. The van der Waals surface area contributed by atoms with Gasteiger partial charge in [0, 0.05) is 19.6 Å². The summed E-state index contributed by atoms with van der Waals surface area (Å²) < 4.78 is 0. The number of carbonyl (C=O) groups excluding carboxylic acids is 1. The van der Waals surface area contributed by atoms with E-state index < -0.39 is 0 Å². The van der Waals surface area contributed by atoms with E-state index in [-0.39, 0.29) is 12.0 Å². The molecule has 4 heteroatoms. The second-order valence-corrected chi connectivity index (χ2v) is 4.61. The molecular formula is C13H18N2O2. The molecule has 1 saturated heterocycles. The molecule has 0 atom stereocenters. The molecule has 0 saturated carbocycles. The number of aryl methyl sites for hydroxylation is 1. The number of nitrogens with one attached hydrogen (secondary N) is 1. The van der Waals surface area contributed by atoms with Gasteiger partial charge in [-0.2, -0.15) is 0 Å². The highest BCUT2D eigenvalue weighted by Gasteiger charge is 2.25. The summed E-state index contributed by atoms with van der Waals surface area (Å²) in [5.41, 5.74) is 2.32. The molecule has 0 aromatic heterocycles. The van der Waals surface area contributed by atoms with E-state index in [4.69, 9.17) is 5.11 Å². The first-order valence-electron chi connectivity index (χ1n) is 5.86. The molecule has 0 radical (unpaired) electrons. The van der Waals surface area contributed by atoms with Gasteiger partial charge in [0.05, 0.1) is 12.6 Å². The average molecular weight is 234 g/mol. The first-order chi connectivity index (χ1) is 8.13. The summed E-state index contributed by atoms with van der Waals surface area (Å²) in [6.45, 7) is 4.20. The van der Waals surface area contributed by atoms with Crippen molar-refractivity contribution in [2.45, 2.75) is 19.6 Å². The molecule has 17 heavy (non-hydrogen) atoms. The minimum atomic E-state index is -0.250. The van der Waals surface area contributed by atoms with Crippen molar-refractivity contribution in [1.82, 2.24) is 10.2 Å². The molecule has 2 N–H and O–H groups in total. The fourth-order valence-electron chi connectivity index (χ4n) is 1.84. The summed E-state index contributed by atoms with van der Waals surface area (Å²) in [5, 5.41) is 12.0. The molecule has 1 aromatic rings. The summed E-state index contributed by atoms with van der Waals surface area (Å²) in [4.78, 5) is 13.5. The van der Waals surface area contributed by atoms with Crippen molar-refractivity contribution in [2.75, 3.05) is 19.6 Å². The third kappa shape index (κ3) is 3.54. The van der Waals surface area contributed by atoms with Gasteiger partial charge in [-0.05, 0) is 12.5 Å². The van der Waals surface area contributed by atoms with Crippen LogP contribution >= 0.6 is 0 Å². The fourth-order valence-corrected chi connectivity index (χ4v) is 1.84. The van der Waals surface area contributed by atoms with Crippen molar-refractivity contribution < 1.29 is 9.90 Å². The fraction of sp³-hybridized carbons (Fsp3) is 0.462. The lowest BCUT2D eigenvalue weighted by atomic mass is 10.1. The highest BCUT2D eigenvalue weighted by Crippen LogP contribution is 2.06. The lowest BCUT2D eigenvalue weighted by molar-refractivity contribution is -0.125. The van der Waals surface area contributed by atoms with E-state index in [9.17, 15) is 4.79 Å². The Morgan fingerprint density at radius 1 is 1.41 bits per heavy atom. The van der Waals surface area contributed by atoms with Crippen molar-refractivity contribution >= 4 is 5.91 Å². The summed E-state index contributed by atoms with van der Waals surface area (Å²) >= 11 is 0. The Hall–Kier alpha value is -1.39. The number of β-amino-alcohol motifs (C(OH)–C–C–N with tert-alkyl or cyclic N) is 1. The lowest BCUT2D eigenvalue weighted by Gasteiger charge is -2.35. The third-order valence-corrected chi connectivity index (χ3v) is 2.92. The molecule has 1 amide bonds. The molecule has 1 fully saturated rings. The van der Waals surface area contributed by atoms with Crippen LogP contribution in [0.15, 0.2) is 24.3 Å². The number of aliphatic hydroxyl groups excluding tert-OH is 1. The second-order valence-electron chi connectivity index (χ2n) is 4.61. The van der Waals surface area contributed by atoms with Gasteiger partial charge in [0.25, 0.3) is 0 Å². The highest BCUT2D eigenvalue weighted by atomic mass is 16.3. The predicted octanol–water partition coefficient (Wildman–Crippen LogP) is 0.288. The standard InChI is InChI=1S/C13H18N2O2/c1-10-2-4-11(5-3-10)6-14-13(17)9-15-7-12(16)8-15/h2-5,12,16H,6-9H2,1H3,(H,14,17). The van der Waals surface area contributed by atoms with Crippen LogP contribution in [0.4, 0.5) is 0 Å². The Morgan fingerprint density at radius 2 is 2.06 bits per heavy atom. The van der Waals surface area contributed by atoms with Gasteiger partial charge in [0.15, 0.2) is 0 Å². The normalized spacial score (nSPS) is 16.6. The van der Waals surface area contributed by atoms with E-state index in [2.05, 4.69) is 5.32 Å². The van der Waals surface area contributed by atoms with Crippen LogP contribution in [0.3, 0.4) is 0 Å². The molecule has 4 nitrogen and oxygen atoms in total. The van der Waals surface area contributed by atoms with E-state index in [1.807, 2.05) is 36.1 Å². The number of nitrogens with zero attached hydrogens (tertiary/aromatic N) is 1. The Kier molecular flexibility index (Phi) is 3.76. The van der Waals surface area contributed by atoms with Crippen LogP contribution in [0, 0.1) is 6.92 Å². The topological polar surface area (TPSA) is 52.6 Å². The van der Waals surface area contributed by atoms with E-state index in [0.29, 0.717) is 26.2 Å². The number of amides is 1. The van der Waals surface area contributed by atoms with Crippen molar-refractivity contribution in [3.05, 3.63) is 35.4 Å². The Labute approximate surface area is 101 Å². The zero-order chi connectivity index (χ0) is 12.3. The molecule has 0 aliphatic carbocycles. The maximum Gasteiger partial charge on any atom is 0.234 e. The van der Waals surface area contributed by atoms with Gasteiger partial charge >= 0.3 is 0 Å². The van der Waals surface area contributed by atoms with Gasteiger partial charge in [-0.25, -0.2) is 0 Å². The van der Waals surface area contributed by atoms with Crippen LogP contribution in [0.2, 0.25) is 0 Å². The van der Waals surface area contributed by atoms with E-state index in [1.165, 1.54) is 5.56 Å². The highest BCUT2D eigenvalue weighted by molar-refractivity contribution is 5.78. The van der Waals surface area contributed by atoms with Crippen LogP contribution in [0.25, 0.3) is 0 Å². The van der Waals surface area contributed by atoms with Gasteiger partial charge in [-0.15, -0.1) is 0 Å². The summed E-state index contributed by atoms with van der Waals surface area (Å²) in [6, 6.07) is 8.10. The van der Waals surface area contributed by atoms with E-state index in [0.717, 1.165) is 5.56 Å². The van der Waals surface area contributed by atoms with Crippen LogP contribution in [-0.2, 0) is 11.3 Å². The Morgan fingerprint density at radius 3 is 2.65 bits per heavy atom. The number of aliphatic hydroxyl groups is 1. The third-order valence-electron chi connectivity index (χ3n) is 2.92. The molecule has 0 unspecified atom stereocenters. The number of benzene rings is 1. The molecule has 0 spiro atoms. The molecule has 92 valence electrons. The zero-order valence-corrected chi connectivity index (χ0v) is 10.0. The van der Waals surface area contributed by atoms with Gasteiger partial charge < -0.3 is 10.4 Å². The number of rotatable bonds is 4. The van der Waals surface area contributed by atoms with Crippen LogP contribution < -0.4 is 5.32 Å². The number of hydrogen-bond acceptors (Lipinski definition) is 3. The molecule has 1 aliphatic rings. The van der Waals surface area contributed by atoms with Crippen molar-refractivity contribution in [3.63, 3.8) is 0 Å². The minimum Gasteiger partial charge on any atom is -0.390 e. The molecule has 1 heterocycles. The predicted molar refractivity (Wildman–Crippen MR) is 65.5 cm³/mol. The quantitative estimate of drug-likeness (QED) is 0.787. The molecular weight excluding hydrogens is 216 g/mol. The molecule has 2 rings (SSSR count). The number of carbonyl (C=O) groups is 1. The van der Waals surface area contributed by atoms with Crippen molar-refractivity contribution in [2.24, 2.45) is 0 Å². The maximum absolute atomic E-state index is 11.6. The summed E-state index contributed by atoms with van der Waals surface area (Å²) in [6.07, 6.45) is -0.250. The maximum atomic E-state index is 11.6. The van der Waals surface area contributed by atoms with E-state index >= 15 is 0 Å². The first kappa shape index (κ1) is 12.1. The van der Waals surface area contributed by atoms with Crippen molar-refractivity contribution in [1.29, 1.82) is 0 Å². The van der Waals surface area contributed by atoms with Crippen LogP contribution in [0.1, 0.15) is 11.1 Å². The van der Waals surface area contributed by atoms with Gasteiger partial charge in [-0.1, -0.05) is 29.8 Å². The Balaban J connectivity index is 1.70. The SMILES string of the molecule is Cc1ccc(CNC(=O)CN2CC(O)C2)cc1. The minimum absolute atomic E-state index is 0.0116. The monoisotopic (exact) mass is 234 g/mol. The molecule has 0 bridgehead atoms. The van der Waals surface area contributed by atoms with Crippen LogP contribution in [-0.4, -0.2) is 41.7 Å². The Bertz CT molecular complexity index is 383. The van der Waals surface area contributed by atoms with Gasteiger partial charge in [0.1, 0.15) is 0 Å². The van der Waals surface area contributed by atoms with Crippen molar-refractivity contribution in [3.8, 4) is 0 Å². The van der Waals surface area contributed by atoms with E-state index in [1.54, 1.807) is 0 Å². The van der Waals surface area contributed by atoms with Gasteiger partial charge in [-0.3, -0.25) is 9.69 Å².